The average molecular weight is 288 g/mol. The number of halogens is 1. The summed E-state index contributed by atoms with van der Waals surface area (Å²) in [4.78, 5) is 3.82. The standard InChI is InChI=1S/C17H21FN2O/c1-4-8-20-17(14-7-9-19-11-15(14)18)13-6-5-12(2)16(10-13)21-3/h5-7,9-11,17,20H,4,8H2,1-3H3. The van der Waals surface area contributed by atoms with Crippen LogP contribution in [0.4, 0.5) is 4.39 Å². The molecule has 0 aliphatic carbocycles. The topological polar surface area (TPSA) is 34.1 Å². The molecule has 0 saturated carbocycles. The van der Waals surface area contributed by atoms with E-state index >= 15 is 0 Å². The number of ether oxygens (including phenoxy) is 1. The molecule has 0 fully saturated rings. The predicted octanol–water partition coefficient (Wildman–Crippen LogP) is 3.63. The van der Waals surface area contributed by atoms with Crippen molar-refractivity contribution in [2.45, 2.75) is 26.3 Å². The minimum Gasteiger partial charge on any atom is -0.496 e. The van der Waals surface area contributed by atoms with Crippen molar-refractivity contribution >= 4 is 0 Å². The molecule has 1 atom stereocenters. The van der Waals surface area contributed by atoms with Gasteiger partial charge in [-0.3, -0.25) is 4.98 Å². The van der Waals surface area contributed by atoms with Crippen LogP contribution in [0, 0.1) is 12.7 Å². The Kier molecular flexibility index (Phi) is 5.28. The molecule has 0 amide bonds. The number of nitrogens with one attached hydrogen (secondary N) is 1. The summed E-state index contributed by atoms with van der Waals surface area (Å²) in [6, 6.07) is 7.47. The van der Waals surface area contributed by atoms with Crippen molar-refractivity contribution in [1.29, 1.82) is 0 Å². The summed E-state index contributed by atoms with van der Waals surface area (Å²) in [5.74, 6) is 0.510. The van der Waals surface area contributed by atoms with Crippen molar-refractivity contribution in [3.8, 4) is 5.75 Å². The Morgan fingerprint density at radius 2 is 2.14 bits per heavy atom. The summed E-state index contributed by atoms with van der Waals surface area (Å²) in [5.41, 5.74) is 2.64. The highest BCUT2D eigenvalue weighted by molar-refractivity contribution is 5.41. The minimum atomic E-state index is -0.300. The molecule has 0 aliphatic rings. The minimum absolute atomic E-state index is 0.206. The van der Waals surface area contributed by atoms with Crippen LogP contribution in [0.5, 0.6) is 5.75 Å². The lowest BCUT2D eigenvalue weighted by Crippen LogP contribution is -2.24. The molecular weight excluding hydrogens is 267 g/mol. The summed E-state index contributed by atoms with van der Waals surface area (Å²) < 4.78 is 19.5. The van der Waals surface area contributed by atoms with Crippen LogP contribution in [0.1, 0.15) is 36.1 Å². The molecule has 2 rings (SSSR count). The Bertz CT molecular complexity index is 601. The highest BCUT2D eigenvalue weighted by atomic mass is 19.1. The van der Waals surface area contributed by atoms with E-state index in [1.807, 2.05) is 25.1 Å². The fourth-order valence-corrected chi connectivity index (χ4v) is 2.33. The normalized spacial score (nSPS) is 12.2. The average Bonchev–Trinajstić information content (AvgIpc) is 2.50. The number of benzene rings is 1. The first-order chi connectivity index (χ1) is 10.2. The number of nitrogens with zero attached hydrogens (tertiary/aromatic N) is 1. The van der Waals surface area contributed by atoms with E-state index in [-0.39, 0.29) is 11.9 Å². The van der Waals surface area contributed by atoms with Crippen LogP contribution < -0.4 is 10.1 Å². The van der Waals surface area contributed by atoms with Crippen LogP contribution in [-0.4, -0.2) is 18.6 Å². The van der Waals surface area contributed by atoms with Crippen molar-refractivity contribution in [3.63, 3.8) is 0 Å². The Balaban J connectivity index is 2.43. The first-order valence-electron chi connectivity index (χ1n) is 7.14. The van der Waals surface area contributed by atoms with Crippen molar-refractivity contribution < 1.29 is 9.13 Å². The van der Waals surface area contributed by atoms with Crippen molar-refractivity contribution in [3.05, 3.63) is 59.2 Å². The summed E-state index contributed by atoms with van der Waals surface area (Å²) in [5, 5.41) is 3.39. The van der Waals surface area contributed by atoms with Gasteiger partial charge < -0.3 is 10.1 Å². The van der Waals surface area contributed by atoms with Gasteiger partial charge in [-0.15, -0.1) is 0 Å². The quantitative estimate of drug-likeness (QED) is 0.881. The molecule has 0 saturated heterocycles. The lowest BCUT2D eigenvalue weighted by Gasteiger charge is -2.21. The van der Waals surface area contributed by atoms with Gasteiger partial charge in [-0.1, -0.05) is 19.1 Å². The maximum Gasteiger partial charge on any atom is 0.146 e. The number of hydrogen-bond acceptors (Lipinski definition) is 3. The third-order valence-electron chi connectivity index (χ3n) is 3.48. The van der Waals surface area contributed by atoms with Gasteiger partial charge in [0.05, 0.1) is 19.3 Å². The predicted molar refractivity (Wildman–Crippen MR) is 82.1 cm³/mol. The van der Waals surface area contributed by atoms with Gasteiger partial charge in [0.2, 0.25) is 0 Å². The van der Waals surface area contributed by atoms with E-state index in [0.717, 1.165) is 29.8 Å². The third kappa shape index (κ3) is 3.58. The zero-order chi connectivity index (χ0) is 15.2. The fourth-order valence-electron chi connectivity index (χ4n) is 2.33. The van der Waals surface area contributed by atoms with Gasteiger partial charge in [0.1, 0.15) is 11.6 Å². The molecule has 0 spiro atoms. The number of rotatable bonds is 6. The molecule has 1 aromatic heterocycles. The Labute approximate surface area is 125 Å². The first-order valence-corrected chi connectivity index (χ1v) is 7.14. The van der Waals surface area contributed by atoms with Gasteiger partial charge in [0.25, 0.3) is 0 Å². The van der Waals surface area contributed by atoms with Crippen molar-refractivity contribution in [2.75, 3.05) is 13.7 Å². The number of pyridine rings is 1. The molecule has 0 aliphatic heterocycles. The highest BCUT2D eigenvalue weighted by Crippen LogP contribution is 2.28. The Morgan fingerprint density at radius 1 is 1.33 bits per heavy atom. The van der Waals surface area contributed by atoms with Gasteiger partial charge in [0, 0.05) is 11.8 Å². The Hall–Kier alpha value is -1.94. The molecule has 2 aromatic rings. The van der Waals surface area contributed by atoms with E-state index in [2.05, 4.69) is 17.2 Å². The van der Waals surface area contributed by atoms with Crippen molar-refractivity contribution in [1.82, 2.24) is 10.3 Å². The molecule has 0 bridgehead atoms. The SMILES string of the molecule is CCCNC(c1ccc(C)c(OC)c1)c1ccncc1F. The van der Waals surface area contributed by atoms with E-state index in [9.17, 15) is 4.39 Å². The van der Waals surface area contributed by atoms with Crippen LogP contribution in [0.15, 0.2) is 36.7 Å². The molecule has 112 valence electrons. The molecular formula is C17H21FN2O. The molecule has 1 heterocycles. The van der Waals surface area contributed by atoms with E-state index in [1.165, 1.54) is 6.20 Å². The zero-order valence-corrected chi connectivity index (χ0v) is 12.7. The number of aryl methyl sites for hydroxylation is 1. The molecule has 1 aromatic carbocycles. The maximum atomic E-state index is 14.1. The first kappa shape index (κ1) is 15.4. The summed E-state index contributed by atoms with van der Waals surface area (Å²) in [6.45, 7) is 4.88. The van der Waals surface area contributed by atoms with Crippen LogP contribution in [0.25, 0.3) is 0 Å². The van der Waals surface area contributed by atoms with Crippen LogP contribution >= 0.6 is 0 Å². The van der Waals surface area contributed by atoms with E-state index in [0.29, 0.717) is 5.56 Å². The van der Waals surface area contributed by atoms with E-state index in [4.69, 9.17) is 4.74 Å². The largest absolute Gasteiger partial charge is 0.496 e. The second kappa shape index (κ2) is 7.18. The molecule has 4 heteroatoms. The molecule has 21 heavy (non-hydrogen) atoms. The van der Waals surface area contributed by atoms with E-state index in [1.54, 1.807) is 19.4 Å². The second-order valence-electron chi connectivity index (χ2n) is 5.01. The summed E-state index contributed by atoms with van der Waals surface area (Å²) in [7, 11) is 1.65. The van der Waals surface area contributed by atoms with Gasteiger partial charge in [-0.25, -0.2) is 4.39 Å². The van der Waals surface area contributed by atoms with Crippen molar-refractivity contribution in [2.24, 2.45) is 0 Å². The van der Waals surface area contributed by atoms with Crippen LogP contribution in [0.2, 0.25) is 0 Å². The lowest BCUT2D eigenvalue weighted by molar-refractivity contribution is 0.410. The van der Waals surface area contributed by atoms with E-state index < -0.39 is 0 Å². The molecule has 1 unspecified atom stereocenters. The maximum absolute atomic E-state index is 14.1. The monoisotopic (exact) mass is 288 g/mol. The molecule has 3 nitrogen and oxygen atoms in total. The number of methoxy groups -OCH3 is 1. The zero-order valence-electron chi connectivity index (χ0n) is 12.7. The van der Waals surface area contributed by atoms with Crippen LogP contribution in [0.3, 0.4) is 0 Å². The highest BCUT2D eigenvalue weighted by Gasteiger charge is 2.18. The lowest BCUT2D eigenvalue weighted by atomic mass is 9.97. The summed E-state index contributed by atoms with van der Waals surface area (Å²) >= 11 is 0. The second-order valence-corrected chi connectivity index (χ2v) is 5.01. The van der Waals surface area contributed by atoms with Gasteiger partial charge >= 0.3 is 0 Å². The number of aromatic nitrogens is 1. The fraction of sp³-hybridized carbons (Fsp3) is 0.353. The van der Waals surface area contributed by atoms with Crippen LogP contribution in [-0.2, 0) is 0 Å². The Morgan fingerprint density at radius 3 is 2.81 bits per heavy atom. The molecule has 1 N–H and O–H groups in total. The molecule has 0 radical (unpaired) electrons. The van der Waals surface area contributed by atoms with Gasteiger partial charge in [0.15, 0.2) is 0 Å². The number of hydrogen-bond donors (Lipinski definition) is 1. The summed E-state index contributed by atoms with van der Waals surface area (Å²) in [6.07, 6.45) is 3.85. The smallest absolute Gasteiger partial charge is 0.146 e. The van der Waals surface area contributed by atoms with Gasteiger partial charge in [-0.2, -0.15) is 0 Å². The van der Waals surface area contributed by atoms with Gasteiger partial charge in [-0.05, 0) is 43.1 Å². The third-order valence-corrected chi connectivity index (χ3v) is 3.48.